The highest BCUT2D eigenvalue weighted by atomic mass is 16.6. The zero-order valence-electron chi connectivity index (χ0n) is 19.2. The van der Waals surface area contributed by atoms with Crippen LogP contribution in [0.3, 0.4) is 0 Å². The van der Waals surface area contributed by atoms with Crippen LogP contribution in [0.15, 0.2) is 48.8 Å². The summed E-state index contributed by atoms with van der Waals surface area (Å²) in [6.45, 7) is 9.51. The summed E-state index contributed by atoms with van der Waals surface area (Å²) in [4.78, 5) is 32.1. The quantitative estimate of drug-likeness (QED) is 0.457. The second kappa shape index (κ2) is 9.54. The molecule has 2 aromatic carbocycles. The first-order chi connectivity index (χ1) is 15.8. The van der Waals surface area contributed by atoms with Gasteiger partial charge in [0.2, 0.25) is 5.91 Å². The van der Waals surface area contributed by atoms with Crippen molar-refractivity contribution in [2.24, 2.45) is 0 Å². The lowest BCUT2D eigenvalue weighted by Crippen LogP contribution is -2.49. The molecule has 2 heterocycles. The molecule has 0 saturated carbocycles. The number of benzene rings is 2. The van der Waals surface area contributed by atoms with Gasteiger partial charge in [0, 0.05) is 55.7 Å². The maximum Gasteiger partial charge on any atom is 0.278 e. The van der Waals surface area contributed by atoms with Gasteiger partial charge in [0.25, 0.3) is 5.69 Å². The van der Waals surface area contributed by atoms with Gasteiger partial charge in [0.15, 0.2) is 0 Å². The molecule has 1 saturated heterocycles. The van der Waals surface area contributed by atoms with Crippen molar-refractivity contribution < 1.29 is 9.72 Å². The Balaban J connectivity index is 1.36. The van der Waals surface area contributed by atoms with Crippen molar-refractivity contribution in [1.82, 2.24) is 15.2 Å². The van der Waals surface area contributed by atoms with E-state index in [2.05, 4.69) is 52.1 Å². The maximum atomic E-state index is 12.6. The molecule has 1 aromatic heterocycles. The van der Waals surface area contributed by atoms with Gasteiger partial charge in [-0.25, -0.2) is 0 Å². The van der Waals surface area contributed by atoms with E-state index in [-0.39, 0.29) is 22.6 Å². The van der Waals surface area contributed by atoms with E-state index in [0.29, 0.717) is 11.9 Å². The number of amides is 1. The third kappa shape index (κ3) is 4.96. The van der Waals surface area contributed by atoms with E-state index in [1.165, 1.54) is 11.1 Å². The highest BCUT2D eigenvalue weighted by molar-refractivity contribution is 5.99. The monoisotopic (exact) mass is 447 g/mol. The molecule has 33 heavy (non-hydrogen) atoms. The van der Waals surface area contributed by atoms with E-state index < -0.39 is 0 Å². The van der Waals surface area contributed by atoms with Gasteiger partial charge >= 0.3 is 0 Å². The number of aryl methyl sites for hydroxylation is 2. The van der Waals surface area contributed by atoms with Crippen molar-refractivity contribution in [1.29, 1.82) is 0 Å². The Kier molecular flexibility index (Phi) is 6.55. The first kappa shape index (κ1) is 22.7. The number of aromatic nitrogens is 1. The third-order valence-electron chi connectivity index (χ3n) is 6.46. The van der Waals surface area contributed by atoms with Crippen molar-refractivity contribution in [3.8, 4) is 0 Å². The van der Waals surface area contributed by atoms with Crippen LogP contribution in [0.25, 0.3) is 10.8 Å². The third-order valence-corrected chi connectivity index (χ3v) is 6.46. The molecule has 8 nitrogen and oxygen atoms in total. The Labute approximate surface area is 193 Å². The zero-order chi connectivity index (χ0) is 23.5. The first-order valence-electron chi connectivity index (χ1n) is 11.2. The van der Waals surface area contributed by atoms with Gasteiger partial charge < -0.3 is 10.2 Å². The summed E-state index contributed by atoms with van der Waals surface area (Å²) in [5.74, 6) is 0.0149. The zero-order valence-corrected chi connectivity index (χ0v) is 19.2. The second-order valence-electron chi connectivity index (χ2n) is 8.68. The van der Waals surface area contributed by atoms with Crippen molar-refractivity contribution in [3.05, 3.63) is 75.6 Å². The summed E-state index contributed by atoms with van der Waals surface area (Å²) >= 11 is 0. The predicted molar refractivity (Wildman–Crippen MR) is 130 cm³/mol. The highest BCUT2D eigenvalue weighted by Gasteiger charge is 2.23. The van der Waals surface area contributed by atoms with Gasteiger partial charge in [-0.1, -0.05) is 18.2 Å². The summed E-state index contributed by atoms with van der Waals surface area (Å²) in [6, 6.07) is 11.4. The van der Waals surface area contributed by atoms with E-state index in [1.54, 1.807) is 18.5 Å². The summed E-state index contributed by atoms with van der Waals surface area (Å²) in [7, 11) is 0. The minimum absolute atomic E-state index is 0.0149. The number of hydrogen-bond acceptors (Lipinski definition) is 6. The maximum absolute atomic E-state index is 12.6. The molecule has 0 aliphatic carbocycles. The topological polar surface area (TPSA) is 91.6 Å². The SMILES string of the molecule is Cc1ccc([C@@H](C)NC(=O)CN2CCN(c3ccc([N+](=O)[O-])c4cnccc34)CC2)cc1C. The van der Waals surface area contributed by atoms with Crippen LogP contribution in [-0.2, 0) is 4.79 Å². The van der Waals surface area contributed by atoms with Gasteiger partial charge in [-0.2, -0.15) is 0 Å². The molecule has 1 amide bonds. The Hall–Kier alpha value is -3.52. The fourth-order valence-corrected chi connectivity index (χ4v) is 4.35. The van der Waals surface area contributed by atoms with E-state index in [9.17, 15) is 14.9 Å². The Bertz CT molecular complexity index is 1190. The number of nitrogens with zero attached hydrogens (tertiary/aromatic N) is 4. The van der Waals surface area contributed by atoms with Gasteiger partial charge in [0.05, 0.1) is 22.9 Å². The van der Waals surface area contributed by atoms with Crippen LogP contribution in [-0.4, -0.2) is 53.4 Å². The summed E-state index contributed by atoms with van der Waals surface area (Å²) in [6.07, 6.45) is 3.21. The molecular formula is C25H29N5O3. The normalized spacial score (nSPS) is 15.4. The average Bonchev–Trinajstić information content (AvgIpc) is 2.80. The molecule has 4 rings (SSSR count). The predicted octanol–water partition coefficient (Wildman–Crippen LogP) is 3.76. The Morgan fingerprint density at radius 3 is 2.55 bits per heavy atom. The van der Waals surface area contributed by atoms with Crippen molar-refractivity contribution >= 4 is 28.1 Å². The number of fused-ring (bicyclic) bond motifs is 1. The lowest BCUT2D eigenvalue weighted by atomic mass is 10.0. The minimum Gasteiger partial charge on any atom is -0.368 e. The number of nitro groups is 1. The summed E-state index contributed by atoms with van der Waals surface area (Å²) < 4.78 is 0. The number of hydrogen-bond donors (Lipinski definition) is 1. The molecule has 1 aliphatic rings. The van der Waals surface area contributed by atoms with E-state index in [1.807, 2.05) is 19.1 Å². The van der Waals surface area contributed by atoms with Crippen LogP contribution in [0.1, 0.15) is 29.7 Å². The number of non-ortho nitro benzene ring substituents is 1. The molecule has 0 unspecified atom stereocenters. The van der Waals surface area contributed by atoms with Gasteiger partial charge in [-0.15, -0.1) is 0 Å². The molecule has 1 N–H and O–H groups in total. The van der Waals surface area contributed by atoms with Gasteiger partial charge in [-0.05, 0) is 49.6 Å². The molecule has 1 aliphatic heterocycles. The molecule has 8 heteroatoms. The number of carbonyl (C=O) groups excluding carboxylic acids is 1. The number of anilines is 1. The summed E-state index contributed by atoms with van der Waals surface area (Å²) in [5.41, 5.74) is 4.60. The molecule has 0 spiro atoms. The number of pyridine rings is 1. The van der Waals surface area contributed by atoms with Crippen molar-refractivity contribution in [3.63, 3.8) is 0 Å². The van der Waals surface area contributed by atoms with Crippen LogP contribution < -0.4 is 10.2 Å². The van der Waals surface area contributed by atoms with E-state index >= 15 is 0 Å². The lowest BCUT2D eigenvalue weighted by Gasteiger charge is -2.36. The van der Waals surface area contributed by atoms with Crippen molar-refractivity contribution in [2.45, 2.75) is 26.8 Å². The molecule has 0 bridgehead atoms. The van der Waals surface area contributed by atoms with Gasteiger partial charge in [0.1, 0.15) is 0 Å². The molecular weight excluding hydrogens is 418 g/mol. The smallest absolute Gasteiger partial charge is 0.278 e. The van der Waals surface area contributed by atoms with Crippen LogP contribution in [0.4, 0.5) is 11.4 Å². The highest BCUT2D eigenvalue weighted by Crippen LogP contribution is 2.33. The largest absolute Gasteiger partial charge is 0.368 e. The van der Waals surface area contributed by atoms with E-state index in [0.717, 1.165) is 42.8 Å². The number of piperazine rings is 1. The van der Waals surface area contributed by atoms with Crippen LogP contribution in [0, 0.1) is 24.0 Å². The second-order valence-corrected chi connectivity index (χ2v) is 8.68. The van der Waals surface area contributed by atoms with Crippen molar-refractivity contribution in [2.75, 3.05) is 37.6 Å². The fraction of sp³-hybridized carbons (Fsp3) is 0.360. The standard InChI is InChI=1S/C25H29N5O3/c1-17-4-5-20(14-18(17)2)19(3)27-25(31)16-28-10-12-29(13-11-28)23-6-7-24(30(32)33)22-15-26-9-8-21(22)23/h4-9,14-15,19H,10-13,16H2,1-3H3,(H,27,31)/t19-/m1/s1. The summed E-state index contributed by atoms with van der Waals surface area (Å²) in [5, 5.41) is 15.8. The van der Waals surface area contributed by atoms with Gasteiger partial charge in [-0.3, -0.25) is 24.8 Å². The number of rotatable bonds is 6. The Morgan fingerprint density at radius 1 is 1.09 bits per heavy atom. The van der Waals surface area contributed by atoms with E-state index in [4.69, 9.17) is 0 Å². The van der Waals surface area contributed by atoms with Crippen LogP contribution in [0.5, 0.6) is 0 Å². The van der Waals surface area contributed by atoms with Crippen LogP contribution in [0.2, 0.25) is 0 Å². The Morgan fingerprint density at radius 2 is 1.85 bits per heavy atom. The first-order valence-corrected chi connectivity index (χ1v) is 11.2. The molecule has 0 radical (unpaired) electrons. The fourth-order valence-electron chi connectivity index (χ4n) is 4.35. The number of carbonyl (C=O) groups is 1. The number of nitrogens with one attached hydrogen (secondary N) is 1. The minimum atomic E-state index is -0.372. The van der Waals surface area contributed by atoms with Crippen LogP contribution >= 0.6 is 0 Å². The molecule has 172 valence electrons. The molecule has 1 fully saturated rings. The molecule has 3 aromatic rings. The average molecular weight is 448 g/mol. The number of nitro benzene ring substituents is 1. The molecule has 1 atom stereocenters. The lowest BCUT2D eigenvalue weighted by molar-refractivity contribution is -0.383.